The van der Waals surface area contributed by atoms with Gasteiger partial charge in [0.2, 0.25) is 11.5 Å². The zero-order valence-corrected chi connectivity index (χ0v) is 18.7. The summed E-state index contributed by atoms with van der Waals surface area (Å²) in [5.74, 6) is 0.601. The molecule has 2 aromatic carbocycles. The molecule has 0 spiro atoms. The number of halogens is 4. The lowest BCUT2D eigenvalue weighted by Crippen LogP contribution is -2.22. The third-order valence-electron chi connectivity index (χ3n) is 4.78. The average Bonchev–Trinajstić information content (AvgIpc) is 2.84. The summed E-state index contributed by atoms with van der Waals surface area (Å²) in [6, 6.07) is 11.6. The largest absolute Gasteiger partial charge is 0.473 e. The van der Waals surface area contributed by atoms with E-state index >= 15 is 0 Å². The number of benzene rings is 2. The van der Waals surface area contributed by atoms with Gasteiger partial charge in [-0.2, -0.15) is 18.2 Å². The molecule has 11 heteroatoms. The Kier molecular flexibility index (Phi) is 6.83. The van der Waals surface area contributed by atoms with Crippen molar-refractivity contribution < 1.29 is 22.6 Å². The maximum atomic E-state index is 13.0. The third kappa shape index (κ3) is 5.85. The molecule has 0 saturated carbocycles. The van der Waals surface area contributed by atoms with Gasteiger partial charge in [-0.05, 0) is 35.9 Å². The summed E-state index contributed by atoms with van der Waals surface area (Å²) < 4.78 is 51.7. The van der Waals surface area contributed by atoms with Gasteiger partial charge in [-0.15, -0.1) is 0 Å². The number of alkyl halides is 3. The minimum atomic E-state index is -4.58. The van der Waals surface area contributed by atoms with Gasteiger partial charge in [-0.25, -0.2) is 9.97 Å². The zero-order valence-electron chi connectivity index (χ0n) is 18.0. The van der Waals surface area contributed by atoms with Crippen molar-refractivity contribution in [1.29, 1.82) is 5.41 Å². The number of rotatable bonds is 7. The van der Waals surface area contributed by atoms with Crippen LogP contribution in [-0.2, 0) is 12.8 Å². The fraction of sp³-hybridized carbons (Fsp3) is 0.0833. The van der Waals surface area contributed by atoms with Gasteiger partial charge >= 0.3 is 6.18 Å². The monoisotopic (exact) mass is 499 g/mol. The lowest BCUT2D eigenvalue weighted by Gasteiger charge is -2.12. The van der Waals surface area contributed by atoms with Gasteiger partial charge in [0.1, 0.15) is 24.4 Å². The minimum absolute atomic E-state index is 0.0131. The second-order valence-electron chi connectivity index (χ2n) is 7.21. The molecule has 0 aliphatic carbocycles. The van der Waals surface area contributed by atoms with E-state index in [1.807, 2.05) is 0 Å². The lowest BCUT2D eigenvalue weighted by molar-refractivity contribution is -0.137. The van der Waals surface area contributed by atoms with E-state index in [1.165, 1.54) is 17.0 Å². The van der Waals surface area contributed by atoms with Crippen LogP contribution in [-0.4, -0.2) is 19.5 Å². The van der Waals surface area contributed by atoms with E-state index in [4.69, 9.17) is 26.5 Å². The lowest BCUT2D eigenvalue weighted by atomic mass is 10.2. The van der Waals surface area contributed by atoms with Crippen LogP contribution in [0, 0.1) is 5.41 Å². The summed E-state index contributed by atoms with van der Waals surface area (Å²) >= 11 is 5.63. The van der Waals surface area contributed by atoms with E-state index in [2.05, 4.69) is 21.5 Å². The number of nitrogens with one attached hydrogen (secondary N) is 1. The summed E-state index contributed by atoms with van der Waals surface area (Å²) in [4.78, 5) is 12.0. The SMILES string of the molecule is C=C(c1cncnc1)n1ccc(OCc2ccc(Oc3ccc(Cl)c(C(F)(F)F)c3)cc2)nc1=N. The Morgan fingerprint density at radius 3 is 2.37 bits per heavy atom. The van der Waals surface area contributed by atoms with Crippen molar-refractivity contribution in [1.82, 2.24) is 19.5 Å². The van der Waals surface area contributed by atoms with Crippen LogP contribution in [0.15, 0.2) is 80.0 Å². The number of ether oxygens (including phenoxy) is 2. The average molecular weight is 500 g/mol. The van der Waals surface area contributed by atoms with Gasteiger partial charge in [-0.1, -0.05) is 30.3 Å². The molecule has 0 radical (unpaired) electrons. The molecule has 0 aliphatic heterocycles. The van der Waals surface area contributed by atoms with Crippen molar-refractivity contribution in [2.24, 2.45) is 0 Å². The molecule has 2 heterocycles. The molecule has 0 saturated heterocycles. The van der Waals surface area contributed by atoms with Crippen LogP contribution < -0.4 is 15.1 Å². The number of aromatic nitrogens is 4. The van der Waals surface area contributed by atoms with Crippen molar-refractivity contribution in [2.75, 3.05) is 0 Å². The first-order valence-corrected chi connectivity index (χ1v) is 10.4. The summed E-state index contributed by atoms with van der Waals surface area (Å²) in [6.45, 7) is 4.10. The molecule has 178 valence electrons. The third-order valence-corrected chi connectivity index (χ3v) is 5.11. The number of hydrogen-bond donors (Lipinski definition) is 1. The fourth-order valence-electron chi connectivity index (χ4n) is 3.02. The topological polar surface area (TPSA) is 85.9 Å². The maximum absolute atomic E-state index is 13.0. The first-order chi connectivity index (χ1) is 16.7. The molecule has 4 rings (SSSR count). The van der Waals surface area contributed by atoms with E-state index in [1.54, 1.807) is 48.9 Å². The molecule has 35 heavy (non-hydrogen) atoms. The van der Waals surface area contributed by atoms with Crippen LogP contribution in [0.25, 0.3) is 5.70 Å². The van der Waals surface area contributed by atoms with E-state index in [0.717, 1.165) is 17.7 Å². The van der Waals surface area contributed by atoms with Gasteiger partial charge in [0.15, 0.2) is 0 Å². The zero-order chi connectivity index (χ0) is 25.0. The standard InChI is InChI=1S/C24H17ClF3N5O2/c1-15(17-11-30-14-31-12-17)33-9-8-22(32-23(33)29)34-13-16-2-4-18(5-3-16)35-19-6-7-21(25)20(10-19)24(26,27)28/h2-12,14,29H,1,13H2. The van der Waals surface area contributed by atoms with Crippen molar-refractivity contribution in [3.05, 3.63) is 107 Å². The van der Waals surface area contributed by atoms with Gasteiger partial charge in [-0.3, -0.25) is 9.98 Å². The first kappa shape index (κ1) is 24.0. The van der Waals surface area contributed by atoms with Crippen molar-refractivity contribution in [3.63, 3.8) is 0 Å². The highest BCUT2D eigenvalue weighted by Gasteiger charge is 2.33. The predicted octanol–water partition coefficient (Wildman–Crippen LogP) is 5.72. The molecule has 4 aromatic rings. The van der Waals surface area contributed by atoms with Gasteiger partial charge in [0, 0.05) is 30.2 Å². The maximum Gasteiger partial charge on any atom is 0.417 e. The van der Waals surface area contributed by atoms with Crippen molar-refractivity contribution in [2.45, 2.75) is 12.8 Å². The fourth-order valence-corrected chi connectivity index (χ4v) is 3.25. The minimum Gasteiger partial charge on any atom is -0.473 e. The Labute approximate surface area is 202 Å². The second-order valence-corrected chi connectivity index (χ2v) is 7.61. The van der Waals surface area contributed by atoms with Crippen molar-refractivity contribution >= 4 is 17.3 Å². The Morgan fingerprint density at radius 1 is 1.03 bits per heavy atom. The molecular formula is C24H17ClF3N5O2. The molecule has 0 bridgehead atoms. The van der Waals surface area contributed by atoms with Crippen LogP contribution in [0.1, 0.15) is 16.7 Å². The molecular weight excluding hydrogens is 483 g/mol. The highest BCUT2D eigenvalue weighted by Crippen LogP contribution is 2.37. The molecule has 0 unspecified atom stereocenters. The highest BCUT2D eigenvalue weighted by molar-refractivity contribution is 6.31. The normalized spacial score (nSPS) is 11.2. The predicted molar refractivity (Wildman–Crippen MR) is 122 cm³/mol. The molecule has 7 nitrogen and oxygen atoms in total. The summed E-state index contributed by atoms with van der Waals surface area (Å²) in [5, 5.41) is 7.75. The molecule has 1 N–H and O–H groups in total. The van der Waals surface area contributed by atoms with E-state index in [0.29, 0.717) is 17.0 Å². The van der Waals surface area contributed by atoms with Crippen LogP contribution in [0.2, 0.25) is 5.02 Å². The quantitative estimate of drug-likeness (QED) is 0.352. The van der Waals surface area contributed by atoms with Crippen LogP contribution in [0.5, 0.6) is 17.4 Å². The summed E-state index contributed by atoms with van der Waals surface area (Å²) in [6.07, 6.45) is 1.60. The van der Waals surface area contributed by atoms with Gasteiger partial charge < -0.3 is 9.47 Å². The van der Waals surface area contributed by atoms with E-state index in [-0.39, 0.29) is 23.9 Å². The van der Waals surface area contributed by atoms with Crippen LogP contribution in [0.4, 0.5) is 13.2 Å². The molecule has 0 fully saturated rings. The second kappa shape index (κ2) is 9.98. The molecule has 0 aliphatic rings. The van der Waals surface area contributed by atoms with Gasteiger partial charge in [0.05, 0.1) is 16.3 Å². The highest BCUT2D eigenvalue weighted by atomic mass is 35.5. The van der Waals surface area contributed by atoms with Crippen LogP contribution in [0.3, 0.4) is 0 Å². The van der Waals surface area contributed by atoms with E-state index in [9.17, 15) is 13.2 Å². The number of hydrogen-bond acceptors (Lipinski definition) is 6. The van der Waals surface area contributed by atoms with E-state index < -0.39 is 16.8 Å². The first-order valence-electron chi connectivity index (χ1n) is 10.1. The smallest absolute Gasteiger partial charge is 0.417 e. The number of nitrogens with zero attached hydrogens (tertiary/aromatic N) is 4. The van der Waals surface area contributed by atoms with Crippen molar-refractivity contribution in [3.8, 4) is 17.4 Å². The Hall–Kier alpha value is -4.18. The molecule has 2 aromatic heterocycles. The summed E-state index contributed by atoms with van der Waals surface area (Å²) in [5.41, 5.74) is 0.861. The Bertz CT molecular complexity index is 1410. The Morgan fingerprint density at radius 2 is 1.71 bits per heavy atom. The molecule has 0 amide bonds. The Balaban J connectivity index is 1.39. The van der Waals surface area contributed by atoms with Crippen LogP contribution >= 0.6 is 11.6 Å². The summed E-state index contributed by atoms with van der Waals surface area (Å²) in [7, 11) is 0. The van der Waals surface area contributed by atoms with Gasteiger partial charge in [0.25, 0.3) is 0 Å². The molecule has 0 atom stereocenters.